The van der Waals surface area contributed by atoms with Crippen molar-refractivity contribution in [3.63, 3.8) is 0 Å². The maximum Gasteiger partial charge on any atom is 0.143 e. The molecule has 0 saturated carbocycles. The van der Waals surface area contributed by atoms with Crippen LogP contribution in [-0.2, 0) is 0 Å². The molecule has 0 fully saturated rings. The van der Waals surface area contributed by atoms with Gasteiger partial charge in [-0.2, -0.15) is 0 Å². The minimum Gasteiger partial charge on any atom is -0.455 e. The van der Waals surface area contributed by atoms with Crippen LogP contribution in [0.2, 0.25) is 0 Å². The summed E-state index contributed by atoms with van der Waals surface area (Å²) >= 11 is 0. The van der Waals surface area contributed by atoms with E-state index in [9.17, 15) is 6.85 Å². The van der Waals surface area contributed by atoms with Crippen LogP contribution >= 0.6 is 0 Å². The molecule has 1 nitrogen and oxygen atoms in total. The van der Waals surface area contributed by atoms with Gasteiger partial charge in [0.15, 0.2) is 0 Å². The smallest absolute Gasteiger partial charge is 0.143 e. The largest absolute Gasteiger partial charge is 0.455 e. The molecule has 0 unspecified atom stereocenters. The van der Waals surface area contributed by atoms with Gasteiger partial charge in [-0.25, -0.2) is 0 Å². The molecular weight excluding hydrogens is 929 g/mol. The molecule has 0 radical (unpaired) electrons. The lowest BCUT2D eigenvalue weighted by Gasteiger charge is -2.18. The highest BCUT2D eigenvalue weighted by atomic mass is 16.3. The van der Waals surface area contributed by atoms with Gasteiger partial charge in [0.2, 0.25) is 0 Å². The molecule has 0 bridgehead atoms. The molecule has 0 spiro atoms. The average Bonchev–Trinajstić information content (AvgIpc) is 1.56. The summed E-state index contributed by atoms with van der Waals surface area (Å²) in [6.07, 6.45) is 0. The molecule has 0 aliphatic carbocycles. The summed E-state index contributed by atoms with van der Waals surface area (Å²) in [6.45, 7) is 0. The molecule has 0 aliphatic rings. The number of hydrogen-bond donors (Lipinski definition) is 0. The van der Waals surface area contributed by atoms with Crippen molar-refractivity contribution < 1.29 is 34.6 Å². The highest BCUT2D eigenvalue weighted by Gasteiger charge is 2.22. The Morgan fingerprint density at radius 2 is 0.766 bits per heavy atom. The van der Waals surface area contributed by atoms with Gasteiger partial charge in [-0.05, 0) is 150 Å². The van der Waals surface area contributed by atoms with E-state index < -0.39 is 209 Å². The van der Waals surface area contributed by atoms with Crippen LogP contribution in [0.5, 0.6) is 0 Å². The van der Waals surface area contributed by atoms with Crippen LogP contribution in [0.1, 0.15) is 30.2 Å². The Labute approximate surface area is 477 Å². The van der Waals surface area contributed by atoms with E-state index in [1.54, 1.807) is 0 Å². The van der Waals surface area contributed by atoms with E-state index in [1.165, 1.54) is 76.5 Å². The summed E-state index contributed by atoms with van der Waals surface area (Å²) < 4.78 is 200. The first-order valence-electron chi connectivity index (χ1n) is 35.8. The second kappa shape index (κ2) is 18.4. The second-order valence-electron chi connectivity index (χ2n) is 18.5. The highest BCUT2D eigenvalue weighted by Crippen LogP contribution is 2.49. The van der Waals surface area contributed by atoms with Crippen molar-refractivity contribution in [2.24, 2.45) is 0 Å². The van der Waals surface area contributed by atoms with Crippen LogP contribution in [-0.4, -0.2) is 0 Å². The molecule has 0 aliphatic heterocycles. The molecule has 1 aromatic heterocycles. The lowest BCUT2D eigenvalue weighted by atomic mass is 9.85. The Kier molecular flexibility index (Phi) is 6.56. The molecule has 16 aromatic rings. The van der Waals surface area contributed by atoms with Gasteiger partial charge in [-0.1, -0.05) is 266 Å². The van der Waals surface area contributed by atoms with Crippen LogP contribution in [0.3, 0.4) is 0 Å². The zero-order chi connectivity index (χ0) is 70.0. The van der Waals surface area contributed by atoms with E-state index in [-0.39, 0.29) is 0 Å². The van der Waals surface area contributed by atoms with Gasteiger partial charge in [0.25, 0.3) is 0 Å². The van der Waals surface area contributed by atoms with Crippen molar-refractivity contribution >= 4 is 97.3 Å². The van der Waals surface area contributed by atoms with E-state index in [1.807, 2.05) is 0 Å². The SMILES string of the molecule is [2H]c1c([2H])c([2H])c(-c2c3c([2H])c([2H])c([2H])c([2H])c3c(-c3c([2H])c([2H])c([2H])c4oc5c6c([2H])c([2H])c([2H])c([2H])c6c([2H])c([2H])c5c34)c3c([2H])c([2H])c([2H])c([2H])c23)c([2H])c1[2H].c1cc(-c2cccc3ccccc23)cc(-c2c3ccccc3c(-c3ccc4ccccc4c3)c3ccccc23)c1. The standard InChI is InChI=1S/C40H26.C36H22O/c1-2-13-29-25-32(24-23-27(29)11-1)40-37-20-7-5-18-35(37)39(36-19-6-8-21-38(36)40)31-16-9-15-30(26-31)34-22-10-14-28-12-3-4-17-33(28)34;1-2-12-24(13-3-1)33-26-15-6-8-17-28(26)34(29-18-9-7-16-27(29)33)30-19-10-20-32-35(30)31-22-21-23-11-4-5-14-25(23)36(31)37-32/h1-26H;1-22H/i;1D,2D,3D,4D,5D,6D,7D,8D,9D,10D,11D,12D,13D,14D,15D,16D,17D,18D,19D,20D,21D,22D. The van der Waals surface area contributed by atoms with Crippen molar-refractivity contribution in [1.82, 2.24) is 0 Å². The maximum absolute atomic E-state index is 9.36. The number of benzene rings is 15. The van der Waals surface area contributed by atoms with Crippen molar-refractivity contribution in [2.45, 2.75) is 0 Å². The quantitative estimate of drug-likeness (QED) is 0.157. The lowest BCUT2D eigenvalue weighted by molar-refractivity contribution is 0.673. The predicted octanol–water partition coefficient (Wildman–Crippen LogP) is 21.7. The average molecular weight is 999 g/mol. The van der Waals surface area contributed by atoms with Crippen molar-refractivity contribution in [1.29, 1.82) is 0 Å². The third kappa shape index (κ3) is 7.39. The zero-order valence-electron chi connectivity index (χ0n) is 62.4. The molecule has 0 saturated heterocycles. The first-order valence-corrected chi connectivity index (χ1v) is 24.8. The predicted molar refractivity (Wildman–Crippen MR) is 330 cm³/mol. The minimum absolute atomic E-state index is 0.401. The van der Waals surface area contributed by atoms with Gasteiger partial charge in [-0.15, -0.1) is 0 Å². The Bertz CT molecular complexity index is 6170. The molecule has 0 amide bonds. The summed E-state index contributed by atoms with van der Waals surface area (Å²) in [7, 11) is 0. The number of hydrogen-bond acceptors (Lipinski definition) is 1. The lowest BCUT2D eigenvalue weighted by Crippen LogP contribution is -1.91. The van der Waals surface area contributed by atoms with Crippen LogP contribution in [0, 0.1) is 0 Å². The van der Waals surface area contributed by atoms with Crippen molar-refractivity contribution in [3.8, 4) is 55.6 Å². The van der Waals surface area contributed by atoms with E-state index in [2.05, 4.69) is 158 Å². The van der Waals surface area contributed by atoms with Gasteiger partial charge in [0.05, 0.1) is 30.2 Å². The number of rotatable bonds is 5. The zero-order valence-corrected chi connectivity index (χ0v) is 40.4. The summed E-state index contributed by atoms with van der Waals surface area (Å²) in [5.74, 6) is 0. The minimum atomic E-state index is -0.907. The monoisotopic (exact) mass is 999 g/mol. The number of fused-ring (bicyclic) bond motifs is 11. The summed E-state index contributed by atoms with van der Waals surface area (Å²) in [5, 5.41) is 6.02. The summed E-state index contributed by atoms with van der Waals surface area (Å²) in [5.41, 5.74) is 4.05. The fourth-order valence-corrected chi connectivity index (χ4v) is 11.1. The Hall–Kier alpha value is -10.1. The van der Waals surface area contributed by atoms with Gasteiger partial charge in [0.1, 0.15) is 11.2 Å². The van der Waals surface area contributed by atoms with Crippen molar-refractivity contribution in [2.75, 3.05) is 0 Å². The fourth-order valence-electron chi connectivity index (χ4n) is 11.1. The van der Waals surface area contributed by atoms with Crippen LogP contribution < -0.4 is 0 Å². The van der Waals surface area contributed by atoms with E-state index >= 15 is 0 Å². The number of furan rings is 1. The molecule has 0 atom stereocenters. The molecule has 1 heterocycles. The van der Waals surface area contributed by atoms with Gasteiger partial charge >= 0.3 is 0 Å². The first kappa shape index (κ1) is 27.5. The van der Waals surface area contributed by atoms with Crippen LogP contribution in [0.25, 0.3) is 153 Å². The fraction of sp³-hybridized carbons (Fsp3) is 0. The van der Waals surface area contributed by atoms with Gasteiger partial charge in [-0.3, -0.25) is 0 Å². The van der Waals surface area contributed by atoms with Crippen molar-refractivity contribution in [3.05, 3.63) is 291 Å². The molecule has 358 valence electrons. The second-order valence-corrected chi connectivity index (χ2v) is 18.5. The van der Waals surface area contributed by atoms with Crippen LogP contribution in [0.4, 0.5) is 0 Å². The third-order valence-corrected chi connectivity index (χ3v) is 14.3. The highest BCUT2D eigenvalue weighted by molar-refractivity contribution is 6.27. The Morgan fingerprint density at radius 1 is 0.247 bits per heavy atom. The summed E-state index contributed by atoms with van der Waals surface area (Å²) in [4.78, 5) is 0. The van der Waals surface area contributed by atoms with E-state index in [0.29, 0.717) is 0 Å². The Morgan fingerprint density at radius 3 is 1.45 bits per heavy atom. The first-order chi connectivity index (χ1) is 47.4. The Balaban J connectivity index is 0.000000173. The van der Waals surface area contributed by atoms with E-state index in [0.717, 1.165) is 0 Å². The molecule has 0 N–H and O–H groups in total. The molecule has 77 heavy (non-hydrogen) atoms. The normalized spacial score (nSPS) is 15.6. The summed E-state index contributed by atoms with van der Waals surface area (Å²) in [6, 6.07) is 39.1. The van der Waals surface area contributed by atoms with E-state index in [4.69, 9.17) is 27.7 Å². The molecule has 1 heteroatoms. The third-order valence-electron chi connectivity index (χ3n) is 14.3. The topological polar surface area (TPSA) is 13.1 Å². The van der Waals surface area contributed by atoms with Gasteiger partial charge in [0, 0.05) is 16.2 Å². The molecule has 15 aromatic carbocycles. The molecular formula is C76H48O. The maximum atomic E-state index is 9.36. The van der Waals surface area contributed by atoms with Gasteiger partial charge < -0.3 is 4.42 Å². The van der Waals surface area contributed by atoms with Crippen LogP contribution in [0.15, 0.2) is 295 Å². The molecule has 16 rings (SSSR count).